The summed E-state index contributed by atoms with van der Waals surface area (Å²) in [7, 11) is 0. The molecule has 2 aromatic heterocycles. The first-order valence-electron chi connectivity index (χ1n) is 6.76. The van der Waals surface area contributed by atoms with Crippen molar-refractivity contribution in [1.82, 2.24) is 4.57 Å². The number of aromatic nitrogens is 1. The van der Waals surface area contributed by atoms with Crippen molar-refractivity contribution in [3.05, 3.63) is 55.6 Å². The third kappa shape index (κ3) is 2.55. The summed E-state index contributed by atoms with van der Waals surface area (Å²) in [5.41, 5.74) is 8.98. The zero-order chi connectivity index (χ0) is 13.9. The number of pyridine rings is 1. The third-order valence-electron chi connectivity index (χ3n) is 3.55. The molecule has 0 saturated heterocycles. The summed E-state index contributed by atoms with van der Waals surface area (Å²) in [6, 6.07) is 5.72. The van der Waals surface area contributed by atoms with Crippen molar-refractivity contribution >= 4 is 11.3 Å². The molecular weight excluding hydrogens is 268 g/mol. The van der Waals surface area contributed by atoms with Gasteiger partial charge in [0.1, 0.15) is 0 Å². The van der Waals surface area contributed by atoms with Crippen LogP contribution in [0, 0.1) is 11.8 Å². The predicted octanol–water partition coefficient (Wildman–Crippen LogP) is 1.76. The summed E-state index contributed by atoms with van der Waals surface area (Å²) in [6.45, 7) is 1.02. The van der Waals surface area contributed by atoms with Gasteiger partial charge in [-0.25, -0.2) is 0 Å². The highest BCUT2D eigenvalue weighted by atomic mass is 32.1. The summed E-state index contributed by atoms with van der Waals surface area (Å²) in [6.07, 6.45) is 3.25. The van der Waals surface area contributed by atoms with Gasteiger partial charge in [-0.1, -0.05) is 17.9 Å². The lowest BCUT2D eigenvalue weighted by Gasteiger charge is -2.10. The lowest BCUT2D eigenvalue weighted by atomic mass is 10.2. The van der Waals surface area contributed by atoms with Crippen LogP contribution in [0.4, 0.5) is 0 Å². The monoisotopic (exact) mass is 284 g/mol. The van der Waals surface area contributed by atoms with Gasteiger partial charge in [-0.2, -0.15) is 0 Å². The van der Waals surface area contributed by atoms with Crippen molar-refractivity contribution in [2.24, 2.45) is 5.73 Å². The maximum Gasteiger partial charge on any atom is 0.251 e. The van der Waals surface area contributed by atoms with Crippen molar-refractivity contribution in [2.75, 3.05) is 6.54 Å². The van der Waals surface area contributed by atoms with Gasteiger partial charge in [0.25, 0.3) is 5.56 Å². The lowest BCUT2D eigenvalue weighted by Crippen LogP contribution is -2.22. The zero-order valence-corrected chi connectivity index (χ0v) is 12.0. The average Bonchev–Trinajstić information content (AvgIpc) is 3.08. The number of fused-ring (bicyclic) bond motifs is 1. The van der Waals surface area contributed by atoms with E-state index in [1.165, 1.54) is 11.3 Å². The Bertz CT molecular complexity index is 746. The number of hydrogen-bond acceptors (Lipinski definition) is 3. The van der Waals surface area contributed by atoms with E-state index in [0.717, 1.165) is 29.7 Å². The van der Waals surface area contributed by atoms with Crippen molar-refractivity contribution in [3.63, 3.8) is 0 Å². The standard InChI is InChI=1S/C16H16N2OS/c17-8-2-3-12-9-14(20-11-12)10-18-15-5-1-4-13(15)6-7-16(18)19/h6-7,9,11H,1,4-5,8,10,17H2. The van der Waals surface area contributed by atoms with E-state index >= 15 is 0 Å². The van der Waals surface area contributed by atoms with Crippen LogP contribution in [0.5, 0.6) is 0 Å². The second-order valence-corrected chi connectivity index (χ2v) is 5.89. The first-order chi connectivity index (χ1) is 9.78. The van der Waals surface area contributed by atoms with E-state index in [2.05, 4.69) is 11.8 Å². The number of nitrogens with zero attached hydrogens (tertiary/aromatic N) is 1. The Kier molecular flexibility index (Phi) is 3.72. The number of nitrogens with two attached hydrogens (primary N) is 1. The zero-order valence-electron chi connectivity index (χ0n) is 11.2. The molecule has 3 rings (SSSR count). The molecule has 2 heterocycles. The molecule has 0 bridgehead atoms. The normalized spacial score (nSPS) is 12.8. The Hall–Kier alpha value is -1.83. The van der Waals surface area contributed by atoms with Crippen LogP contribution in [0.3, 0.4) is 0 Å². The van der Waals surface area contributed by atoms with E-state index in [4.69, 9.17) is 5.73 Å². The molecule has 3 nitrogen and oxygen atoms in total. The van der Waals surface area contributed by atoms with Crippen LogP contribution >= 0.6 is 11.3 Å². The molecule has 0 aromatic carbocycles. The Labute approximate surface area is 122 Å². The van der Waals surface area contributed by atoms with Crippen molar-refractivity contribution in [2.45, 2.75) is 25.8 Å². The molecule has 0 amide bonds. The van der Waals surface area contributed by atoms with Gasteiger partial charge in [0, 0.05) is 27.6 Å². The van der Waals surface area contributed by atoms with Crippen molar-refractivity contribution < 1.29 is 0 Å². The second-order valence-electron chi connectivity index (χ2n) is 4.89. The maximum absolute atomic E-state index is 12.1. The van der Waals surface area contributed by atoms with E-state index in [1.807, 2.05) is 22.1 Å². The highest BCUT2D eigenvalue weighted by molar-refractivity contribution is 7.10. The molecule has 102 valence electrons. The molecule has 20 heavy (non-hydrogen) atoms. The molecule has 0 fully saturated rings. The largest absolute Gasteiger partial charge is 0.320 e. The number of rotatable bonds is 2. The molecule has 4 heteroatoms. The van der Waals surface area contributed by atoms with Crippen LogP contribution in [-0.2, 0) is 19.4 Å². The van der Waals surface area contributed by atoms with Gasteiger partial charge in [0.2, 0.25) is 0 Å². The number of thiophene rings is 1. The van der Waals surface area contributed by atoms with Crippen LogP contribution in [0.25, 0.3) is 0 Å². The molecule has 0 aliphatic heterocycles. The van der Waals surface area contributed by atoms with Crippen molar-refractivity contribution in [3.8, 4) is 11.8 Å². The molecule has 0 saturated carbocycles. The summed E-state index contributed by atoms with van der Waals surface area (Å²) < 4.78 is 1.91. The smallest absolute Gasteiger partial charge is 0.251 e. The van der Waals surface area contributed by atoms with Gasteiger partial charge >= 0.3 is 0 Å². The number of aryl methyl sites for hydroxylation is 1. The van der Waals surface area contributed by atoms with Crippen molar-refractivity contribution in [1.29, 1.82) is 0 Å². The minimum atomic E-state index is 0.0913. The van der Waals surface area contributed by atoms with E-state index in [1.54, 1.807) is 17.4 Å². The summed E-state index contributed by atoms with van der Waals surface area (Å²) in [4.78, 5) is 13.2. The maximum atomic E-state index is 12.1. The Morgan fingerprint density at radius 2 is 2.25 bits per heavy atom. The van der Waals surface area contributed by atoms with Gasteiger partial charge in [0.05, 0.1) is 13.1 Å². The average molecular weight is 284 g/mol. The fraction of sp³-hybridized carbons (Fsp3) is 0.312. The van der Waals surface area contributed by atoms with Gasteiger partial charge in [0.15, 0.2) is 0 Å². The molecule has 0 unspecified atom stereocenters. The fourth-order valence-electron chi connectivity index (χ4n) is 2.65. The van der Waals surface area contributed by atoms with Gasteiger partial charge < -0.3 is 10.3 Å². The van der Waals surface area contributed by atoms with Crippen LogP contribution in [0.2, 0.25) is 0 Å². The third-order valence-corrected chi connectivity index (χ3v) is 4.47. The Morgan fingerprint density at radius 1 is 1.35 bits per heavy atom. The quantitative estimate of drug-likeness (QED) is 0.854. The van der Waals surface area contributed by atoms with Crippen LogP contribution in [0.15, 0.2) is 28.4 Å². The van der Waals surface area contributed by atoms with Gasteiger partial charge in [-0.3, -0.25) is 4.79 Å². The Morgan fingerprint density at radius 3 is 3.10 bits per heavy atom. The number of hydrogen-bond donors (Lipinski definition) is 1. The van der Waals surface area contributed by atoms with E-state index in [-0.39, 0.29) is 5.56 Å². The van der Waals surface area contributed by atoms with E-state index in [9.17, 15) is 4.79 Å². The lowest BCUT2D eigenvalue weighted by molar-refractivity contribution is 0.715. The minimum absolute atomic E-state index is 0.0913. The van der Waals surface area contributed by atoms with E-state index < -0.39 is 0 Å². The highest BCUT2D eigenvalue weighted by Gasteiger charge is 2.16. The topological polar surface area (TPSA) is 48.0 Å². The molecule has 1 aliphatic carbocycles. The predicted molar refractivity (Wildman–Crippen MR) is 82.1 cm³/mol. The molecular formula is C16H16N2OS. The molecule has 0 atom stereocenters. The molecule has 1 aliphatic rings. The van der Waals surface area contributed by atoms with E-state index in [0.29, 0.717) is 13.1 Å². The van der Waals surface area contributed by atoms with Crippen LogP contribution in [0.1, 0.15) is 28.1 Å². The second kappa shape index (κ2) is 5.66. The van der Waals surface area contributed by atoms with Crippen LogP contribution in [-0.4, -0.2) is 11.1 Å². The summed E-state index contributed by atoms with van der Waals surface area (Å²) in [5.74, 6) is 5.88. The summed E-state index contributed by atoms with van der Waals surface area (Å²) >= 11 is 1.65. The fourth-order valence-corrected chi connectivity index (χ4v) is 3.45. The van der Waals surface area contributed by atoms with Gasteiger partial charge in [-0.15, -0.1) is 11.3 Å². The molecule has 2 N–H and O–H groups in total. The Balaban J connectivity index is 1.90. The molecule has 0 spiro atoms. The minimum Gasteiger partial charge on any atom is -0.320 e. The first-order valence-corrected chi connectivity index (χ1v) is 7.64. The van der Waals surface area contributed by atoms with Crippen LogP contribution < -0.4 is 11.3 Å². The summed E-state index contributed by atoms with van der Waals surface area (Å²) in [5, 5.41) is 2.02. The SMILES string of the molecule is NCC#Cc1csc(Cn2c3c(ccc2=O)CCC3)c1. The highest BCUT2D eigenvalue weighted by Crippen LogP contribution is 2.22. The first kappa shape index (κ1) is 13.2. The molecule has 2 aromatic rings. The van der Waals surface area contributed by atoms with Gasteiger partial charge in [-0.05, 0) is 30.9 Å². The molecule has 0 radical (unpaired) electrons.